The maximum absolute atomic E-state index is 12.0. The Labute approximate surface area is 135 Å². The second-order valence-electron chi connectivity index (χ2n) is 6.22. The molecule has 1 rings (SSSR count). The Morgan fingerprint density at radius 2 is 1.39 bits per heavy atom. The SMILES string of the molecule is O=C(NC1CCCCCCC1)[C@H](O)[C@H](O)[C@@H](O)[C@H](O)[C@H](O)CO. The number of nitrogens with one attached hydrogen (secondary N) is 1. The van der Waals surface area contributed by atoms with Crippen LogP contribution in [0.2, 0.25) is 0 Å². The highest BCUT2D eigenvalue weighted by atomic mass is 16.4. The van der Waals surface area contributed by atoms with Crippen molar-refractivity contribution in [3.8, 4) is 0 Å². The molecule has 1 saturated carbocycles. The van der Waals surface area contributed by atoms with Gasteiger partial charge in [0.05, 0.1) is 6.61 Å². The van der Waals surface area contributed by atoms with E-state index in [1.165, 1.54) is 6.42 Å². The van der Waals surface area contributed by atoms with Crippen LogP contribution in [0.1, 0.15) is 44.9 Å². The number of amides is 1. The molecule has 0 aliphatic heterocycles. The van der Waals surface area contributed by atoms with Crippen molar-refractivity contribution in [2.45, 2.75) is 81.5 Å². The average Bonchev–Trinajstić information content (AvgIpc) is 2.53. The highest BCUT2D eigenvalue weighted by Gasteiger charge is 2.37. The van der Waals surface area contributed by atoms with Gasteiger partial charge >= 0.3 is 0 Å². The molecule has 0 unspecified atom stereocenters. The van der Waals surface area contributed by atoms with E-state index in [-0.39, 0.29) is 6.04 Å². The first-order valence-electron chi connectivity index (χ1n) is 8.20. The molecule has 23 heavy (non-hydrogen) atoms. The molecule has 1 aliphatic carbocycles. The van der Waals surface area contributed by atoms with E-state index in [1.807, 2.05) is 0 Å². The molecule has 0 aromatic rings. The topological polar surface area (TPSA) is 150 Å². The molecule has 8 nitrogen and oxygen atoms in total. The van der Waals surface area contributed by atoms with Crippen molar-refractivity contribution >= 4 is 5.91 Å². The summed E-state index contributed by atoms with van der Waals surface area (Å²) < 4.78 is 0. The van der Waals surface area contributed by atoms with E-state index in [0.717, 1.165) is 38.5 Å². The first-order chi connectivity index (χ1) is 10.9. The third kappa shape index (κ3) is 6.33. The van der Waals surface area contributed by atoms with Gasteiger partial charge in [0.15, 0.2) is 6.10 Å². The van der Waals surface area contributed by atoms with Gasteiger partial charge in [0.1, 0.15) is 24.4 Å². The Morgan fingerprint density at radius 1 is 0.870 bits per heavy atom. The fraction of sp³-hybridized carbons (Fsp3) is 0.933. The van der Waals surface area contributed by atoms with Crippen LogP contribution in [-0.4, -0.2) is 79.7 Å². The Bertz CT molecular complexity index is 347. The van der Waals surface area contributed by atoms with Gasteiger partial charge in [-0.15, -0.1) is 0 Å². The normalized spacial score (nSPS) is 23.9. The van der Waals surface area contributed by atoms with Crippen molar-refractivity contribution in [1.82, 2.24) is 5.32 Å². The predicted octanol–water partition coefficient (Wildman–Crippen LogP) is -1.99. The van der Waals surface area contributed by atoms with Gasteiger partial charge < -0.3 is 36.0 Å². The second kappa shape index (κ2) is 10.2. The summed E-state index contributed by atoms with van der Waals surface area (Å²) >= 11 is 0. The number of rotatable bonds is 7. The maximum atomic E-state index is 12.0. The lowest BCUT2D eigenvalue weighted by Gasteiger charge is -2.29. The monoisotopic (exact) mass is 335 g/mol. The van der Waals surface area contributed by atoms with Gasteiger partial charge in [-0.1, -0.05) is 32.1 Å². The quantitative estimate of drug-likeness (QED) is 0.285. The smallest absolute Gasteiger partial charge is 0.251 e. The molecule has 136 valence electrons. The molecule has 0 aromatic carbocycles. The lowest BCUT2D eigenvalue weighted by Crippen LogP contribution is -2.55. The largest absolute Gasteiger partial charge is 0.394 e. The molecular formula is C15H29NO7. The Morgan fingerprint density at radius 3 is 1.91 bits per heavy atom. The molecule has 0 aromatic heterocycles. The minimum atomic E-state index is -1.97. The Balaban J connectivity index is 2.53. The summed E-state index contributed by atoms with van der Waals surface area (Å²) in [6.07, 6.45) is -2.50. The van der Waals surface area contributed by atoms with Gasteiger partial charge in [-0.2, -0.15) is 0 Å². The average molecular weight is 335 g/mol. The first-order valence-corrected chi connectivity index (χ1v) is 8.20. The standard InChI is InChI=1S/C15H29NO7/c17-8-10(18)11(19)12(20)13(21)14(22)15(23)16-9-6-4-2-1-3-5-7-9/h9-14,17-22H,1-8H2,(H,16,23)/t10-,11-,12+,13-,14-/m1/s1. The van der Waals surface area contributed by atoms with Crippen LogP contribution in [0.5, 0.6) is 0 Å². The fourth-order valence-corrected chi connectivity index (χ4v) is 2.77. The van der Waals surface area contributed by atoms with E-state index < -0.39 is 43.0 Å². The molecule has 0 spiro atoms. The molecule has 1 aliphatic rings. The summed E-state index contributed by atoms with van der Waals surface area (Å²) in [6.45, 7) is -0.824. The molecule has 1 amide bonds. The summed E-state index contributed by atoms with van der Waals surface area (Å²) in [5.41, 5.74) is 0. The van der Waals surface area contributed by atoms with Gasteiger partial charge in [0.2, 0.25) is 0 Å². The summed E-state index contributed by atoms with van der Waals surface area (Å²) in [4.78, 5) is 12.0. The van der Waals surface area contributed by atoms with Crippen molar-refractivity contribution < 1.29 is 35.4 Å². The number of aliphatic hydroxyl groups excluding tert-OH is 6. The lowest BCUT2D eigenvalue weighted by molar-refractivity contribution is -0.157. The van der Waals surface area contributed by atoms with Crippen molar-refractivity contribution in [1.29, 1.82) is 0 Å². The fourth-order valence-electron chi connectivity index (χ4n) is 2.77. The van der Waals surface area contributed by atoms with Gasteiger partial charge in [-0.3, -0.25) is 4.79 Å². The van der Waals surface area contributed by atoms with Crippen LogP contribution in [0.25, 0.3) is 0 Å². The Hall–Kier alpha value is -0.770. The van der Waals surface area contributed by atoms with Crippen molar-refractivity contribution in [3.63, 3.8) is 0 Å². The number of hydrogen-bond acceptors (Lipinski definition) is 7. The molecular weight excluding hydrogens is 306 g/mol. The summed E-state index contributed by atoms with van der Waals surface area (Å²) in [5.74, 6) is -0.826. The van der Waals surface area contributed by atoms with E-state index in [9.17, 15) is 30.3 Å². The minimum Gasteiger partial charge on any atom is -0.394 e. The van der Waals surface area contributed by atoms with Crippen LogP contribution in [0, 0.1) is 0 Å². The zero-order chi connectivity index (χ0) is 17.4. The van der Waals surface area contributed by atoms with Gasteiger partial charge in [0, 0.05) is 6.04 Å². The van der Waals surface area contributed by atoms with E-state index in [0.29, 0.717) is 0 Å². The zero-order valence-corrected chi connectivity index (χ0v) is 13.2. The van der Waals surface area contributed by atoms with E-state index in [1.54, 1.807) is 0 Å². The molecule has 0 bridgehead atoms. The molecule has 0 heterocycles. The summed E-state index contributed by atoms with van der Waals surface area (Å²) in [7, 11) is 0. The van der Waals surface area contributed by atoms with Gasteiger partial charge in [0.25, 0.3) is 5.91 Å². The highest BCUT2D eigenvalue weighted by Crippen LogP contribution is 2.17. The molecule has 1 fully saturated rings. The van der Waals surface area contributed by atoms with Crippen molar-refractivity contribution in [2.75, 3.05) is 6.61 Å². The number of hydrogen-bond donors (Lipinski definition) is 7. The summed E-state index contributed by atoms with van der Waals surface area (Å²) in [6, 6.07) is -0.0882. The number of aliphatic hydroxyl groups is 6. The number of carbonyl (C=O) groups excluding carboxylic acids is 1. The van der Waals surface area contributed by atoms with Crippen LogP contribution < -0.4 is 5.32 Å². The van der Waals surface area contributed by atoms with Crippen LogP contribution in [0.4, 0.5) is 0 Å². The van der Waals surface area contributed by atoms with Gasteiger partial charge in [-0.25, -0.2) is 0 Å². The third-order valence-corrected chi connectivity index (χ3v) is 4.32. The molecule has 5 atom stereocenters. The molecule has 8 heteroatoms. The van der Waals surface area contributed by atoms with E-state index >= 15 is 0 Å². The molecule has 0 saturated heterocycles. The highest BCUT2D eigenvalue weighted by molar-refractivity contribution is 5.81. The van der Waals surface area contributed by atoms with Crippen LogP contribution in [0.3, 0.4) is 0 Å². The van der Waals surface area contributed by atoms with Crippen LogP contribution in [-0.2, 0) is 4.79 Å². The molecule has 0 radical (unpaired) electrons. The lowest BCUT2D eigenvalue weighted by atomic mass is 9.95. The van der Waals surface area contributed by atoms with Crippen molar-refractivity contribution in [2.24, 2.45) is 0 Å². The Kier molecular flexibility index (Phi) is 8.96. The predicted molar refractivity (Wildman–Crippen MR) is 81.4 cm³/mol. The second-order valence-corrected chi connectivity index (χ2v) is 6.22. The summed E-state index contributed by atoms with van der Waals surface area (Å²) in [5, 5.41) is 59.4. The molecule has 7 N–H and O–H groups in total. The van der Waals surface area contributed by atoms with E-state index in [2.05, 4.69) is 5.32 Å². The minimum absolute atomic E-state index is 0.0882. The van der Waals surface area contributed by atoms with E-state index in [4.69, 9.17) is 5.11 Å². The third-order valence-electron chi connectivity index (χ3n) is 4.32. The van der Waals surface area contributed by atoms with Crippen LogP contribution >= 0.6 is 0 Å². The van der Waals surface area contributed by atoms with Crippen LogP contribution in [0.15, 0.2) is 0 Å². The maximum Gasteiger partial charge on any atom is 0.251 e. The zero-order valence-electron chi connectivity index (χ0n) is 13.2. The van der Waals surface area contributed by atoms with Gasteiger partial charge in [-0.05, 0) is 12.8 Å². The van der Waals surface area contributed by atoms with Crippen molar-refractivity contribution in [3.05, 3.63) is 0 Å². The first kappa shape index (κ1) is 20.3. The number of carbonyl (C=O) groups is 1.